The minimum absolute atomic E-state index is 0.0736. The molecular weight excluding hydrogens is 248 g/mol. The first-order chi connectivity index (χ1) is 9.12. The van der Waals surface area contributed by atoms with Crippen molar-refractivity contribution >= 4 is 6.09 Å². The van der Waals surface area contributed by atoms with Gasteiger partial charge in [0.05, 0.1) is 13.2 Å². The average molecular weight is 274 g/mol. The largest absolute Gasteiger partial charge is 0.453 e. The molecule has 0 aliphatic carbocycles. The second-order valence-corrected chi connectivity index (χ2v) is 5.07. The van der Waals surface area contributed by atoms with Gasteiger partial charge in [0, 0.05) is 31.7 Å². The lowest BCUT2D eigenvalue weighted by Crippen LogP contribution is -2.53. The maximum atomic E-state index is 11.7. The van der Waals surface area contributed by atoms with Crippen molar-refractivity contribution in [1.82, 2.24) is 10.2 Å². The van der Waals surface area contributed by atoms with Crippen LogP contribution in [0.15, 0.2) is 0 Å². The van der Waals surface area contributed by atoms with E-state index in [4.69, 9.17) is 9.84 Å². The van der Waals surface area contributed by atoms with E-state index < -0.39 is 6.10 Å². The van der Waals surface area contributed by atoms with E-state index in [1.165, 1.54) is 7.11 Å². The number of nitrogens with zero attached hydrogens (tertiary/aromatic N) is 1. The van der Waals surface area contributed by atoms with Crippen LogP contribution in [0.1, 0.15) is 26.2 Å². The molecule has 112 valence electrons. The van der Waals surface area contributed by atoms with Gasteiger partial charge in [-0.3, -0.25) is 0 Å². The molecule has 3 atom stereocenters. The average Bonchev–Trinajstić information content (AvgIpc) is 2.45. The summed E-state index contributed by atoms with van der Waals surface area (Å²) in [6.07, 6.45) is 1.48. The molecule has 1 aliphatic heterocycles. The standard InChI is InChI=1S/C13H26N2O4/c1-3-12(17)10-7-11(14-5-4-6-16)9-15(8-10)13(18)19-2/h10-12,14,16-17H,3-9H2,1-2H3. The number of nitrogens with one attached hydrogen (secondary N) is 1. The van der Waals surface area contributed by atoms with Crippen molar-refractivity contribution < 1.29 is 19.7 Å². The van der Waals surface area contributed by atoms with Gasteiger partial charge in [0.2, 0.25) is 0 Å². The third-order valence-corrected chi connectivity index (χ3v) is 3.65. The van der Waals surface area contributed by atoms with Crippen molar-refractivity contribution in [3.8, 4) is 0 Å². The number of hydrogen-bond donors (Lipinski definition) is 3. The Bertz CT molecular complexity index is 275. The molecule has 0 aromatic heterocycles. The molecule has 0 radical (unpaired) electrons. The van der Waals surface area contributed by atoms with E-state index in [-0.39, 0.29) is 24.7 Å². The van der Waals surface area contributed by atoms with E-state index in [1.54, 1.807) is 4.90 Å². The lowest BCUT2D eigenvalue weighted by atomic mass is 9.88. The number of ether oxygens (including phenoxy) is 1. The zero-order valence-electron chi connectivity index (χ0n) is 11.8. The number of methoxy groups -OCH3 is 1. The normalized spacial score (nSPS) is 25.2. The lowest BCUT2D eigenvalue weighted by molar-refractivity contribution is 0.0326. The van der Waals surface area contributed by atoms with Crippen LogP contribution in [0.4, 0.5) is 4.79 Å². The predicted octanol–water partition coefficient (Wildman–Crippen LogP) is 0.186. The Morgan fingerprint density at radius 1 is 1.53 bits per heavy atom. The minimum atomic E-state index is -0.394. The second kappa shape index (κ2) is 8.35. The molecule has 1 rings (SSSR count). The maximum absolute atomic E-state index is 11.7. The predicted molar refractivity (Wildman–Crippen MR) is 71.9 cm³/mol. The van der Waals surface area contributed by atoms with Crippen LogP contribution in [0.3, 0.4) is 0 Å². The summed E-state index contributed by atoms with van der Waals surface area (Å²) in [5, 5.41) is 22.1. The quantitative estimate of drug-likeness (QED) is 0.602. The smallest absolute Gasteiger partial charge is 0.409 e. The number of carbonyl (C=O) groups excluding carboxylic acids is 1. The van der Waals surface area contributed by atoms with Gasteiger partial charge >= 0.3 is 6.09 Å². The Morgan fingerprint density at radius 2 is 2.26 bits per heavy atom. The summed E-state index contributed by atoms with van der Waals surface area (Å²) >= 11 is 0. The highest BCUT2D eigenvalue weighted by atomic mass is 16.5. The zero-order valence-corrected chi connectivity index (χ0v) is 11.8. The molecule has 6 heteroatoms. The Balaban J connectivity index is 2.58. The SMILES string of the molecule is CCC(O)C1CC(NCCCO)CN(C(=O)OC)C1. The first kappa shape index (κ1) is 16.2. The number of amides is 1. The number of likely N-dealkylation sites (tertiary alicyclic amines) is 1. The molecule has 0 aromatic carbocycles. The van der Waals surface area contributed by atoms with Crippen molar-refractivity contribution in [1.29, 1.82) is 0 Å². The van der Waals surface area contributed by atoms with Crippen LogP contribution in [0.5, 0.6) is 0 Å². The monoisotopic (exact) mass is 274 g/mol. The van der Waals surface area contributed by atoms with E-state index >= 15 is 0 Å². The van der Waals surface area contributed by atoms with Gasteiger partial charge in [-0.25, -0.2) is 4.79 Å². The molecule has 3 N–H and O–H groups in total. The van der Waals surface area contributed by atoms with E-state index in [9.17, 15) is 9.90 Å². The molecule has 1 amide bonds. The van der Waals surface area contributed by atoms with E-state index in [0.29, 0.717) is 32.5 Å². The molecular formula is C13H26N2O4. The Labute approximate surface area is 114 Å². The summed E-state index contributed by atoms with van der Waals surface area (Å²) in [6, 6.07) is 0.144. The van der Waals surface area contributed by atoms with Crippen LogP contribution in [0.25, 0.3) is 0 Å². The fourth-order valence-corrected chi connectivity index (χ4v) is 2.56. The van der Waals surface area contributed by atoms with E-state index in [2.05, 4.69) is 5.32 Å². The van der Waals surface area contributed by atoms with Gasteiger partial charge in [0.1, 0.15) is 0 Å². The van der Waals surface area contributed by atoms with Crippen LogP contribution >= 0.6 is 0 Å². The van der Waals surface area contributed by atoms with Gasteiger partial charge in [0.25, 0.3) is 0 Å². The summed E-state index contributed by atoms with van der Waals surface area (Å²) in [7, 11) is 1.37. The van der Waals surface area contributed by atoms with Gasteiger partial charge < -0.3 is 25.2 Å². The highest BCUT2D eigenvalue weighted by molar-refractivity contribution is 5.67. The number of aliphatic hydroxyl groups is 2. The molecule has 0 saturated carbocycles. The number of piperidine rings is 1. The molecule has 1 heterocycles. The number of rotatable bonds is 6. The number of carbonyl (C=O) groups is 1. The number of aliphatic hydroxyl groups excluding tert-OH is 2. The van der Waals surface area contributed by atoms with Gasteiger partial charge in [0.15, 0.2) is 0 Å². The van der Waals surface area contributed by atoms with Crippen molar-refractivity contribution in [3.63, 3.8) is 0 Å². The van der Waals surface area contributed by atoms with E-state index in [1.807, 2.05) is 6.92 Å². The Hall–Kier alpha value is -0.850. The first-order valence-corrected chi connectivity index (χ1v) is 6.97. The lowest BCUT2D eigenvalue weighted by Gasteiger charge is -2.39. The maximum Gasteiger partial charge on any atom is 0.409 e. The van der Waals surface area contributed by atoms with Crippen LogP contribution in [0, 0.1) is 5.92 Å². The number of hydrogen-bond acceptors (Lipinski definition) is 5. The van der Waals surface area contributed by atoms with Crippen LogP contribution in [-0.4, -0.2) is 66.7 Å². The minimum Gasteiger partial charge on any atom is -0.453 e. The summed E-state index contributed by atoms with van der Waals surface area (Å²) < 4.78 is 4.76. The van der Waals surface area contributed by atoms with Crippen molar-refractivity contribution in [3.05, 3.63) is 0 Å². The third kappa shape index (κ3) is 4.97. The topological polar surface area (TPSA) is 82.0 Å². The van der Waals surface area contributed by atoms with Crippen LogP contribution in [0.2, 0.25) is 0 Å². The van der Waals surface area contributed by atoms with Gasteiger partial charge in [-0.15, -0.1) is 0 Å². The molecule has 1 fully saturated rings. The van der Waals surface area contributed by atoms with Crippen LogP contribution in [-0.2, 0) is 4.74 Å². The van der Waals surface area contributed by atoms with Crippen molar-refractivity contribution in [2.75, 3.05) is 33.4 Å². The second-order valence-electron chi connectivity index (χ2n) is 5.07. The van der Waals surface area contributed by atoms with E-state index in [0.717, 1.165) is 6.42 Å². The molecule has 1 aliphatic rings. The molecule has 3 unspecified atom stereocenters. The molecule has 6 nitrogen and oxygen atoms in total. The summed E-state index contributed by atoms with van der Waals surface area (Å²) in [5.74, 6) is 0.0736. The Kier molecular flexibility index (Phi) is 7.12. The van der Waals surface area contributed by atoms with Crippen molar-refractivity contribution in [2.45, 2.75) is 38.3 Å². The molecule has 0 aromatic rings. The molecule has 19 heavy (non-hydrogen) atoms. The first-order valence-electron chi connectivity index (χ1n) is 6.97. The Morgan fingerprint density at radius 3 is 2.84 bits per heavy atom. The van der Waals surface area contributed by atoms with Gasteiger partial charge in [-0.2, -0.15) is 0 Å². The molecule has 0 spiro atoms. The fourth-order valence-electron chi connectivity index (χ4n) is 2.56. The highest BCUT2D eigenvalue weighted by Crippen LogP contribution is 2.22. The molecule has 1 saturated heterocycles. The van der Waals surface area contributed by atoms with Crippen molar-refractivity contribution in [2.24, 2.45) is 5.92 Å². The van der Waals surface area contributed by atoms with Gasteiger partial charge in [-0.05, 0) is 25.8 Å². The summed E-state index contributed by atoms with van der Waals surface area (Å²) in [6.45, 7) is 3.94. The third-order valence-electron chi connectivity index (χ3n) is 3.65. The highest BCUT2D eigenvalue weighted by Gasteiger charge is 2.33. The molecule has 0 bridgehead atoms. The summed E-state index contributed by atoms with van der Waals surface area (Å²) in [4.78, 5) is 13.3. The van der Waals surface area contributed by atoms with Crippen LogP contribution < -0.4 is 5.32 Å². The van der Waals surface area contributed by atoms with Gasteiger partial charge in [-0.1, -0.05) is 6.92 Å². The zero-order chi connectivity index (χ0) is 14.3. The fraction of sp³-hybridized carbons (Fsp3) is 0.923. The summed E-state index contributed by atoms with van der Waals surface area (Å²) in [5.41, 5.74) is 0.